The van der Waals surface area contributed by atoms with Gasteiger partial charge in [0.25, 0.3) is 0 Å². The molecule has 4 nitrogen and oxygen atoms in total. The maximum atomic E-state index is 10.1. The van der Waals surface area contributed by atoms with Gasteiger partial charge in [-0.25, -0.2) is 0 Å². The number of aliphatic hydroxyl groups excluding tert-OH is 2. The third-order valence-electron chi connectivity index (χ3n) is 8.18. The highest BCUT2D eigenvalue weighted by Crippen LogP contribution is 2.58. The van der Waals surface area contributed by atoms with E-state index in [4.69, 9.17) is 4.74 Å². The molecule has 3 rings (SSSR count). The Hall–Kier alpha value is -0.940. The van der Waals surface area contributed by atoms with Crippen molar-refractivity contribution in [3.63, 3.8) is 0 Å². The second kappa shape index (κ2) is 9.91. The quantitative estimate of drug-likeness (QED) is 0.491. The van der Waals surface area contributed by atoms with Gasteiger partial charge in [0.15, 0.2) is 0 Å². The van der Waals surface area contributed by atoms with Crippen LogP contribution in [-0.4, -0.2) is 45.8 Å². The number of allylic oxidation sites excluding steroid dienone is 3. The molecule has 3 saturated carbocycles. The molecule has 31 heavy (non-hydrogen) atoms. The first-order chi connectivity index (χ1) is 14.5. The highest BCUT2D eigenvalue weighted by molar-refractivity contribution is 5.38. The topological polar surface area (TPSA) is 69.9 Å². The van der Waals surface area contributed by atoms with Crippen LogP contribution in [-0.2, 0) is 4.74 Å². The minimum absolute atomic E-state index is 0.234. The molecule has 0 saturated heterocycles. The van der Waals surface area contributed by atoms with Gasteiger partial charge in [-0.05, 0) is 101 Å². The van der Waals surface area contributed by atoms with Gasteiger partial charge in [-0.1, -0.05) is 31.2 Å². The van der Waals surface area contributed by atoms with E-state index in [1.807, 2.05) is 13.8 Å². The molecule has 0 bridgehead atoms. The van der Waals surface area contributed by atoms with E-state index in [0.717, 1.165) is 30.4 Å². The van der Waals surface area contributed by atoms with Gasteiger partial charge in [0.05, 0.1) is 23.9 Å². The van der Waals surface area contributed by atoms with Gasteiger partial charge >= 0.3 is 0 Å². The van der Waals surface area contributed by atoms with Gasteiger partial charge in [-0.3, -0.25) is 0 Å². The van der Waals surface area contributed by atoms with Crippen LogP contribution < -0.4 is 0 Å². The molecule has 6 atom stereocenters. The third-order valence-corrected chi connectivity index (χ3v) is 8.18. The van der Waals surface area contributed by atoms with E-state index in [0.29, 0.717) is 31.3 Å². The molecular formula is C27H44O4. The Balaban J connectivity index is 1.66. The van der Waals surface area contributed by atoms with Crippen LogP contribution in [0.15, 0.2) is 35.5 Å². The molecule has 4 heteroatoms. The molecule has 0 spiro atoms. The van der Waals surface area contributed by atoms with Crippen molar-refractivity contribution < 1.29 is 20.1 Å². The van der Waals surface area contributed by atoms with Gasteiger partial charge in [-0.15, -0.1) is 0 Å². The van der Waals surface area contributed by atoms with Crippen molar-refractivity contribution in [3.8, 4) is 0 Å². The molecule has 3 aliphatic carbocycles. The van der Waals surface area contributed by atoms with Crippen LogP contribution in [0.25, 0.3) is 0 Å². The average molecular weight is 433 g/mol. The van der Waals surface area contributed by atoms with Gasteiger partial charge in [-0.2, -0.15) is 0 Å². The molecular weight excluding hydrogens is 388 g/mol. The fourth-order valence-electron chi connectivity index (χ4n) is 6.41. The Bertz CT molecular complexity index is 701. The van der Waals surface area contributed by atoms with E-state index < -0.39 is 17.8 Å². The van der Waals surface area contributed by atoms with Crippen LogP contribution in [0.5, 0.6) is 0 Å². The van der Waals surface area contributed by atoms with Crippen molar-refractivity contribution in [1.82, 2.24) is 0 Å². The van der Waals surface area contributed by atoms with Gasteiger partial charge in [0.1, 0.15) is 0 Å². The van der Waals surface area contributed by atoms with E-state index in [2.05, 4.69) is 32.6 Å². The lowest BCUT2D eigenvalue weighted by Crippen LogP contribution is -2.38. The molecule has 0 amide bonds. The summed E-state index contributed by atoms with van der Waals surface area (Å²) >= 11 is 0. The lowest BCUT2D eigenvalue weighted by atomic mass is 9.62. The zero-order valence-corrected chi connectivity index (χ0v) is 20.1. The van der Waals surface area contributed by atoms with Crippen LogP contribution in [0.2, 0.25) is 0 Å². The van der Waals surface area contributed by atoms with E-state index in [1.165, 1.54) is 31.3 Å². The first kappa shape index (κ1) is 24.7. The minimum atomic E-state index is -0.629. The average Bonchev–Trinajstić information content (AvgIpc) is 3.03. The Morgan fingerprint density at radius 1 is 1.26 bits per heavy atom. The zero-order chi connectivity index (χ0) is 22.8. The summed E-state index contributed by atoms with van der Waals surface area (Å²) in [5.41, 5.74) is 2.91. The summed E-state index contributed by atoms with van der Waals surface area (Å²) in [5.74, 6) is 1.14. The van der Waals surface area contributed by atoms with Gasteiger partial charge in [0.2, 0.25) is 0 Å². The Morgan fingerprint density at radius 2 is 2.00 bits per heavy atom. The summed E-state index contributed by atoms with van der Waals surface area (Å²) in [5, 5.41) is 30.1. The monoisotopic (exact) mass is 432 g/mol. The lowest BCUT2D eigenvalue weighted by Gasteiger charge is -2.44. The number of rotatable bonds is 7. The molecule has 0 aromatic heterocycles. The highest BCUT2D eigenvalue weighted by atomic mass is 16.5. The molecule has 0 radical (unpaired) electrons. The van der Waals surface area contributed by atoms with Gasteiger partial charge < -0.3 is 20.1 Å². The molecule has 0 unspecified atom stereocenters. The molecule has 0 aliphatic heterocycles. The predicted octanol–water partition coefficient (Wildman–Crippen LogP) is 5.08. The smallest absolute Gasteiger partial charge is 0.0811 e. The lowest BCUT2D eigenvalue weighted by molar-refractivity contribution is -0.0318. The highest BCUT2D eigenvalue weighted by Gasteiger charge is 2.51. The maximum Gasteiger partial charge on any atom is 0.0811 e. The first-order valence-corrected chi connectivity index (χ1v) is 12.3. The predicted molar refractivity (Wildman–Crippen MR) is 126 cm³/mol. The van der Waals surface area contributed by atoms with Crippen LogP contribution in [0.1, 0.15) is 85.5 Å². The third kappa shape index (κ3) is 5.90. The van der Waals surface area contributed by atoms with Gasteiger partial charge in [0, 0.05) is 13.0 Å². The molecule has 176 valence electrons. The van der Waals surface area contributed by atoms with Crippen molar-refractivity contribution in [2.24, 2.45) is 17.3 Å². The van der Waals surface area contributed by atoms with Crippen molar-refractivity contribution in [2.75, 3.05) is 6.61 Å². The molecule has 0 aromatic carbocycles. The van der Waals surface area contributed by atoms with E-state index >= 15 is 0 Å². The van der Waals surface area contributed by atoms with E-state index in [1.54, 1.807) is 0 Å². The SMILES string of the molecule is C=C1/C(=C/C=C2\CCC[C@]3(C)[C@@H]([C@H](C)OCCCC(C)(C)O)CC[C@@H]23)C[C@@H](O)C[C@@H]1O. The molecule has 0 aromatic rings. The normalized spacial score (nSPS) is 38.0. The molecule has 3 fully saturated rings. The number of hydrogen-bond donors (Lipinski definition) is 3. The standard InChI is InChI=1S/C27H44O4/c1-18-21(16-22(28)17-25(18)29)10-9-20-8-6-14-27(5)23(11-12-24(20)27)19(2)31-15-7-13-26(3,4)30/h9-10,19,22-25,28-30H,1,6-8,11-17H2,2-5H3/b20-9+,21-10+/t19-,22+,23+,24-,25-,27+/m0/s1. The summed E-state index contributed by atoms with van der Waals surface area (Å²) in [4.78, 5) is 0. The molecule has 3 N–H and O–H groups in total. The van der Waals surface area contributed by atoms with Crippen molar-refractivity contribution in [2.45, 2.75) is 109 Å². The maximum absolute atomic E-state index is 10.1. The second-order valence-corrected chi connectivity index (χ2v) is 11.2. The van der Waals surface area contributed by atoms with E-state index in [-0.39, 0.29) is 11.5 Å². The number of fused-ring (bicyclic) bond motifs is 1. The number of aliphatic hydroxyl groups is 3. The minimum Gasteiger partial charge on any atom is -0.393 e. The summed E-state index contributed by atoms with van der Waals surface area (Å²) in [6.45, 7) is 13.2. The Kier molecular flexibility index (Phi) is 7.89. The summed E-state index contributed by atoms with van der Waals surface area (Å²) < 4.78 is 6.25. The fourth-order valence-corrected chi connectivity index (χ4v) is 6.41. The number of ether oxygens (including phenoxy) is 1. The largest absolute Gasteiger partial charge is 0.393 e. The fraction of sp³-hybridized carbons (Fsp3) is 0.778. The van der Waals surface area contributed by atoms with E-state index in [9.17, 15) is 15.3 Å². The Morgan fingerprint density at radius 3 is 2.71 bits per heavy atom. The Labute approximate surface area is 189 Å². The second-order valence-electron chi connectivity index (χ2n) is 11.2. The van der Waals surface area contributed by atoms with Crippen molar-refractivity contribution in [3.05, 3.63) is 35.5 Å². The summed E-state index contributed by atoms with van der Waals surface area (Å²) in [6, 6.07) is 0. The molecule has 0 heterocycles. The summed E-state index contributed by atoms with van der Waals surface area (Å²) in [6.07, 6.45) is 12.1. The first-order valence-electron chi connectivity index (χ1n) is 12.3. The van der Waals surface area contributed by atoms with Crippen LogP contribution in [0.3, 0.4) is 0 Å². The number of hydrogen-bond acceptors (Lipinski definition) is 4. The van der Waals surface area contributed by atoms with Crippen LogP contribution >= 0.6 is 0 Å². The van der Waals surface area contributed by atoms with Crippen molar-refractivity contribution >= 4 is 0 Å². The molecule has 3 aliphatic rings. The zero-order valence-electron chi connectivity index (χ0n) is 20.1. The van der Waals surface area contributed by atoms with Crippen molar-refractivity contribution in [1.29, 1.82) is 0 Å². The summed E-state index contributed by atoms with van der Waals surface area (Å²) in [7, 11) is 0. The van der Waals surface area contributed by atoms with Crippen LogP contribution in [0, 0.1) is 17.3 Å². The van der Waals surface area contributed by atoms with Crippen LogP contribution in [0.4, 0.5) is 0 Å².